The summed E-state index contributed by atoms with van der Waals surface area (Å²) in [6.07, 6.45) is 1.46. The molecule has 66 valence electrons. The molecule has 0 radical (unpaired) electrons. The van der Waals surface area contributed by atoms with E-state index >= 15 is 0 Å². The molecular weight excluding hydrogens is 158 g/mol. The van der Waals surface area contributed by atoms with Gasteiger partial charge in [-0.25, -0.2) is 0 Å². The maximum atomic E-state index is 11.1. The molecule has 2 aliphatic rings. The van der Waals surface area contributed by atoms with E-state index in [2.05, 4.69) is 10.1 Å². The largest absolute Gasteiger partial charge is 0.393 e. The zero-order valence-corrected chi connectivity index (χ0v) is 6.71. The van der Waals surface area contributed by atoms with Gasteiger partial charge in [-0.3, -0.25) is 9.59 Å². The summed E-state index contributed by atoms with van der Waals surface area (Å²) < 4.78 is 4.56. The Morgan fingerprint density at radius 3 is 2.08 bits per heavy atom. The van der Waals surface area contributed by atoms with Gasteiger partial charge in [0.15, 0.2) is 0 Å². The summed E-state index contributed by atoms with van der Waals surface area (Å²) >= 11 is 0. The van der Waals surface area contributed by atoms with Gasteiger partial charge in [-0.2, -0.15) is 0 Å². The molecule has 2 atom stereocenters. The van der Waals surface area contributed by atoms with E-state index in [9.17, 15) is 9.59 Å². The number of nitrogens with one attached hydrogen (secondary N) is 1. The van der Waals surface area contributed by atoms with Crippen LogP contribution in [0.5, 0.6) is 0 Å². The van der Waals surface area contributed by atoms with E-state index in [-0.39, 0.29) is 23.8 Å². The Balaban J connectivity index is 2.17. The predicted octanol–water partition coefficient (Wildman–Crippen LogP) is -0.314. The Morgan fingerprint density at radius 2 is 1.58 bits per heavy atom. The maximum absolute atomic E-state index is 11.1. The van der Waals surface area contributed by atoms with Gasteiger partial charge < -0.3 is 10.1 Å². The molecular formula is C8H11NO3. The van der Waals surface area contributed by atoms with Gasteiger partial charge in [0.2, 0.25) is 0 Å². The fourth-order valence-corrected chi connectivity index (χ4v) is 1.86. The molecule has 0 aliphatic carbocycles. The maximum Gasteiger partial charge on any atom is 0.317 e. The third kappa shape index (κ3) is 1.12. The normalized spacial score (nSPS) is 35.7. The highest BCUT2D eigenvalue weighted by molar-refractivity contribution is 5.96. The van der Waals surface area contributed by atoms with Crippen LogP contribution in [0.3, 0.4) is 0 Å². The second-order valence-corrected chi connectivity index (χ2v) is 3.28. The van der Waals surface area contributed by atoms with Crippen LogP contribution in [-0.2, 0) is 14.3 Å². The molecule has 2 fully saturated rings. The van der Waals surface area contributed by atoms with Crippen LogP contribution in [0.2, 0.25) is 0 Å². The summed E-state index contributed by atoms with van der Waals surface area (Å²) in [7, 11) is 0. The Labute approximate surface area is 70.3 Å². The molecule has 0 aromatic heterocycles. The summed E-state index contributed by atoms with van der Waals surface area (Å²) in [5.41, 5.74) is 0. The van der Waals surface area contributed by atoms with E-state index in [1.54, 1.807) is 0 Å². The minimum absolute atomic E-state index is 0.174. The van der Waals surface area contributed by atoms with Crippen LogP contribution in [0.1, 0.15) is 12.8 Å². The van der Waals surface area contributed by atoms with Crippen molar-refractivity contribution < 1.29 is 14.3 Å². The Kier molecular flexibility index (Phi) is 1.84. The number of esters is 2. The van der Waals surface area contributed by atoms with E-state index in [1.165, 1.54) is 0 Å². The summed E-state index contributed by atoms with van der Waals surface area (Å²) in [6, 6.07) is 0. The number of cyclic esters (lactones) is 2. The highest BCUT2D eigenvalue weighted by atomic mass is 16.6. The minimum atomic E-state index is -0.325. The minimum Gasteiger partial charge on any atom is -0.393 e. The molecule has 1 N–H and O–H groups in total. The highest BCUT2D eigenvalue weighted by Crippen LogP contribution is 2.29. The average molecular weight is 169 g/mol. The number of hydrogen-bond acceptors (Lipinski definition) is 4. The van der Waals surface area contributed by atoms with Crippen LogP contribution in [0.15, 0.2) is 0 Å². The zero-order chi connectivity index (χ0) is 8.55. The second-order valence-electron chi connectivity index (χ2n) is 3.28. The van der Waals surface area contributed by atoms with Crippen molar-refractivity contribution in [1.29, 1.82) is 0 Å². The molecule has 2 rings (SSSR count). The molecule has 0 bridgehead atoms. The molecule has 0 saturated carbocycles. The van der Waals surface area contributed by atoms with Crippen LogP contribution < -0.4 is 5.32 Å². The lowest BCUT2D eigenvalue weighted by atomic mass is 9.91. The summed E-state index contributed by atoms with van der Waals surface area (Å²) in [5.74, 6) is -0.998. The molecule has 2 unspecified atom stereocenters. The van der Waals surface area contributed by atoms with Gasteiger partial charge in [0.25, 0.3) is 0 Å². The van der Waals surface area contributed by atoms with Crippen molar-refractivity contribution in [3.63, 3.8) is 0 Å². The van der Waals surface area contributed by atoms with E-state index in [4.69, 9.17) is 0 Å². The van der Waals surface area contributed by atoms with Gasteiger partial charge >= 0.3 is 11.9 Å². The van der Waals surface area contributed by atoms with Crippen LogP contribution in [0.4, 0.5) is 0 Å². The monoisotopic (exact) mass is 169 g/mol. The zero-order valence-electron chi connectivity index (χ0n) is 6.71. The summed E-state index contributed by atoms with van der Waals surface area (Å²) in [6.45, 7) is 1.62. The lowest BCUT2D eigenvalue weighted by Crippen LogP contribution is -2.16. The molecule has 0 aromatic rings. The number of hydrogen-bond donors (Lipinski definition) is 1. The number of rotatable bonds is 0. The fourth-order valence-electron chi connectivity index (χ4n) is 1.86. The summed E-state index contributed by atoms with van der Waals surface area (Å²) in [5, 5.41) is 3.16. The summed E-state index contributed by atoms with van der Waals surface area (Å²) in [4.78, 5) is 22.2. The Bertz CT molecular complexity index is 204. The quantitative estimate of drug-likeness (QED) is 0.399. The first-order chi connectivity index (χ1) is 5.79. The topological polar surface area (TPSA) is 55.4 Å². The SMILES string of the molecule is O=C1OC(=O)C2CCNCCC12. The van der Waals surface area contributed by atoms with E-state index < -0.39 is 0 Å². The smallest absolute Gasteiger partial charge is 0.317 e. The van der Waals surface area contributed by atoms with Crippen molar-refractivity contribution >= 4 is 11.9 Å². The second kappa shape index (κ2) is 2.86. The van der Waals surface area contributed by atoms with E-state index in [0.717, 1.165) is 25.9 Å². The molecule has 4 heteroatoms. The van der Waals surface area contributed by atoms with E-state index in [1.807, 2.05) is 0 Å². The molecule has 0 aromatic carbocycles. The first-order valence-corrected chi connectivity index (χ1v) is 4.25. The van der Waals surface area contributed by atoms with Crippen molar-refractivity contribution in [2.45, 2.75) is 12.8 Å². The van der Waals surface area contributed by atoms with Gasteiger partial charge in [-0.05, 0) is 25.9 Å². The number of carbonyl (C=O) groups is 2. The molecule has 12 heavy (non-hydrogen) atoms. The predicted molar refractivity (Wildman–Crippen MR) is 40.2 cm³/mol. The Hall–Kier alpha value is -0.900. The van der Waals surface area contributed by atoms with Crippen LogP contribution >= 0.6 is 0 Å². The third-order valence-electron chi connectivity index (χ3n) is 2.56. The highest BCUT2D eigenvalue weighted by Gasteiger charge is 2.44. The third-order valence-corrected chi connectivity index (χ3v) is 2.56. The van der Waals surface area contributed by atoms with Gasteiger partial charge in [-0.15, -0.1) is 0 Å². The standard InChI is InChI=1S/C8H11NO3/c10-7-5-1-3-9-4-2-6(5)8(11)12-7/h5-6,9H,1-4H2. The van der Waals surface area contributed by atoms with Crippen LogP contribution in [0.25, 0.3) is 0 Å². The molecule has 0 spiro atoms. The molecule has 2 heterocycles. The van der Waals surface area contributed by atoms with Crippen molar-refractivity contribution in [3.8, 4) is 0 Å². The van der Waals surface area contributed by atoms with Crippen LogP contribution in [0, 0.1) is 11.8 Å². The Morgan fingerprint density at radius 1 is 1.08 bits per heavy atom. The van der Waals surface area contributed by atoms with Gasteiger partial charge in [0, 0.05) is 0 Å². The van der Waals surface area contributed by atoms with Crippen molar-refractivity contribution in [2.24, 2.45) is 11.8 Å². The van der Waals surface area contributed by atoms with Crippen molar-refractivity contribution in [3.05, 3.63) is 0 Å². The first kappa shape index (κ1) is 7.73. The lowest BCUT2D eigenvalue weighted by molar-refractivity contribution is -0.153. The van der Waals surface area contributed by atoms with Crippen LogP contribution in [-0.4, -0.2) is 25.0 Å². The molecule has 0 amide bonds. The number of ether oxygens (including phenoxy) is 1. The average Bonchev–Trinajstić information content (AvgIpc) is 2.29. The molecule has 2 aliphatic heterocycles. The van der Waals surface area contributed by atoms with E-state index in [0.29, 0.717) is 0 Å². The first-order valence-electron chi connectivity index (χ1n) is 4.25. The number of carbonyl (C=O) groups excluding carboxylic acids is 2. The van der Waals surface area contributed by atoms with Crippen molar-refractivity contribution in [2.75, 3.05) is 13.1 Å². The lowest BCUT2D eigenvalue weighted by Gasteiger charge is -2.05. The van der Waals surface area contributed by atoms with Gasteiger partial charge in [0.1, 0.15) is 0 Å². The number of fused-ring (bicyclic) bond motifs is 1. The fraction of sp³-hybridized carbons (Fsp3) is 0.750. The molecule has 4 nitrogen and oxygen atoms in total. The molecule has 2 saturated heterocycles. The van der Waals surface area contributed by atoms with Gasteiger partial charge in [-0.1, -0.05) is 0 Å². The van der Waals surface area contributed by atoms with Gasteiger partial charge in [0.05, 0.1) is 11.8 Å². The van der Waals surface area contributed by atoms with Crippen molar-refractivity contribution in [1.82, 2.24) is 5.32 Å².